The van der Waals surface area contributed by atoms with Crippen LogP contribution in [0.15, 0.2) is 60.7 Å². The molecule has 204 valence electrons. The third kappa shape index (κ3) is 7.53. The quantitative estimate of drug-likeness (QED) is 0.332. The molecule has 1 aromatic heterocycles. The molecule has 3 aromatic rings. The number of carbonyl (C=O) groups is 2. The number of hydrogen-bond donors (Lipinski definition) is 3. The van der Waals surface area contributed by atoms with E-state index in [0.29, 0.717) is 80.1 Å². The summed E-state index contributed by atoms with van der Waals surface area (Å²) >= 11 is 0. The van der Waals surface area contributed by atoms with Crippen LogP contribution in [-0.4, -0.2) is 53.9 Å². The van der Waals surface area contributed by atoms with Gasteiger partial charge in [0.1, 0.15) is 11.6 Å². The maximum Gasteiger partial charge on any atom is 0.255 e. The normalized spacial score (nSPS) is 14.4. The standard InChI is InChI=1S/C29H31FN6O2.ClH/c30-22-7-3-5-20(17-22)13-15-33-28-25(10-11-26(35-28)24-8-2-1-6-21(24)18-32)29(38)34-19-23-9-12-27(37)36(23)16-4-14-31;/h1-3,5-8,10-11,17,23H,4,9,12-16,19,31H2,(H,33,35)(H,34,38);1H. The van der Waals surface area contributed by atoms with Crippen molar-refractivity contribution in [3.05, 3.63) is 83.2 Å². The molecule has 1 fully saturated rings. The summed E-state index contributed by atoms with van der Waals surface area (Å²) in [6.45, 7) is 1.83. The Morgan fingerprint density at radius 2 is 2.00 bits per heavy atom. The van der Waals surface area contributed by atoms with Gasteiger partial charge in [0, 0.05) is 37.7 Å². The average Bonchev–Trinajstić information content (AvgIpc) is 3.29. The van der Waals surface area contributed by atoms with Crippen LogP contribution >= 0.6 is 12.4 Å². The van der Waals surface area contributed by atoms with Gasteiger partial charge in [0.25, 0.3) is 5.91 Å². The number of rotatable bonds is 11. The lowest BCUT2D eigenvalue weighted by Gasteiger charge is -2.25. The molecular formula is C29H32ClFN6O2. The fourth-order valence-electron chi connectivity index (χ4n) is 4.63. The summed E-state index contributed by atoms with van der Waals surface area (Å²) in [6.07, 6.45) is 2.39. The van der Waals surface area contributed by atoms with Gasteiger partial charge in [0.2, 0.25) is 5.91 Å². The van der Waals surface area contributed by atoms with E-state index in [1.165, 1.54) is 12.1 Å². The molecule has 1 saturated heterocycles. The minimum absolute atomic E-state index is 0. The fraction of sp³-hybridized carbons (Fsp3) is 0.310. The molecule has 2 heterocycles. The number of nitrogens with one attached hydrogen (secondary N) is 2. The van der Waals surface area contributed by atoms with Gasteiger partial charge in [-0.25, -0.2) is 9.37 Å². The minimum atomic E-state index is -0.316. The molecule has 2 amide bonds. The van der Waals surface area contributed by atoms with Gasteiger partial charge in [-0.2, -0.15) is 5.26 Å². The van der Waals surface area contributed by atoms with Gasteiger partial charge in [0.15, 0.2) is 0 Å². The first-order valence-electron chi connectivity index (χ1n) is 12.8. The first-order valence-corrected chi connectivity index (χ1v) is 12.8. The van der Waals surface area contributed by atoms with E-state index in [0.717, 1.165) is 5.56 Å². The summed E-state index contributed by atoms with van der Waals surface area (Å²) in [7, 11) is 0. The van der Waals surface area contributed by atoms with Crippen molar-refractivity contribution in [2.24, 2.45) is 5.73 Å². The van der Waals surface area contributed by atoms with E-state index in [1.54, 1.807) is 35.2 Å². The monoisotopic (exact) mass is 550 g/mol. The molecule has 0 spiro atoms. The van der Waals surface area contributed by atoms with E-state index < -0.39 is 0 Å². The van der Waals surface area contributed by atoms with Crippen LogP contribution in [0.2, 0.25) is 0 Å². The Kier molecular flexibility index (Phi) is 10.8. The zero-order chi connectivity index (χ0) is 26.9. The van der Waals surface area contributed by atoms with Gasteiger partial charge < -0.3 is 21.3 Å². The van der Waals surface area contributed by atoms with Crippen molar-refractivity contribution in [3.8, 4) is 17.3 Å². The Morgan fingerprint density at radius 1 is 1.18 bits per heavy atom. The van der Waals surface area contributed by atoms with Crippen LogP contribution in [0, 0.1) is 17.1 Å². The van der Waals surface area contributed by atoms with E-state index in [2.05, 4.69) is 16.7 Å². The number of carbonyl (C=O) groups excluding carboxylic acids is 2. The largest absolute Gasteiger partial charge is 0.369 e. The van der Waals surface area contributed by atoms with E-state index in [4.69, 9.17) is 10.7 Å². The lowest BCUT2D eigenvalue weighted by molar-refractivity contribution is -0.128. The lowest BCUT2D eigenvalue weighted by atomic mass is 10.0. The van der Waals surface area contributed by atoms with Gasteiger partial charge in [-0.3, -0.25) is 9.59 Å². The molecule has 1 unspecified atom stereocenters. The molecule has 0 radical (unpaired) electrons. The van der Waals surface area contributed by atoms with Crippen LogP contribution in [0.25, 0.3) is 11.3 Å². The summed E-state index contributed by atoms with van der Waals surface area (Å²) < 4.78 is 13.6. The van der Waals surface area contributed by atoms with Crippen molar-refractivity contribution in [1.29, 1.82) is 5.26 Å². The van der Waals surface area contributed by atoms with Crippen LogP contribution in [-0.2, 0) is 11.2 Å². The van der Waals surface area contributed by atoms with Gasteiger partial charge in [0.05, 0.1) is 22.9 Å². The van der Waals surface area contributed by atoms with Gasteiger partial charge >= 0.3 is 0 Å². The molecule has 4 rings (SSSR count). The SMILES string of the molecule is Cl.N#Cc1ccccc1-c1ccc(C(=O)NCC2CCC(=O)N2CCCN)c(NCCc2cccc(F)c2)n1. The summed E-state index contributed by atoms with van der Waals surface area (Å²) in [5.74, 6) is -0.170. The maximum atomic E-state index is 13.6. The minimum Gasteiger partial charge on any atom is -0.369 e. The second-order valence-corrected chi connectivity index (χ2v) is 9.19. The third-order valence-electron chi connectivity index (χ3n) is 6.61. The molecule has 1 aliphatic heterocycles. The molecule has 1 aliphatic rings. The average molecular weight is 551 g/mol. The van der Waals surface area contributed by atoms with Crippen LogP contribution < -0.4 is 16.4 Å². The van der Waals surface area contributed by atoms with Crippen molar-refractivity contribution in [2.75, 3.05) is 31.5 Å². The predicted octanol–water partition coefficient (Wildman–Crippen LogP) is 3.91. The van der Waals surface area contributed by atoms with Crippen LogP contribution in [0.4, 0.5) is 10.2 Å². The molecule has 39 heavy (non-hydrogen) atoms. The Hall–Kier alpha value is -4.00. The van der Waals surface area contributed by atoms with Crippen LogP contribution in [0.3, 0.4) is 0 Å². The first-order chi connectivity index (χ1) is 18.5. The highest BCUT2D eigenvalue weighted by Crippen LogP contribution is 2.25. The number of aromatic nitrogens is 1. The Morgan fingerprint density at radius 3 is 2.77 bits per heavy atom. The second kappa shape index (κ2) is 14.2. The summed E-state index contributed by atoms with van der Waals surface area (Å²) in [5.41, 5.74) is 8.47. The Labute approximate surface area is 233 Å². The molecule has 2 aromatic carbocycles. The molecule has 8 nitrogen and oxygen atoms in total. The molecule has 1 atom stereocenters. The number of benzene rings is 2. The number of amides is 2. The molecule has 0 bridgehead atoms. The number of hydrogen-bond acceptors (Lipinski definition) is 6. The van der Waals surface area contributed by atoms with Crippen LogP contribution in [0.5, 0.6) is 0 Å². The van der Waals surface area contributed by atoms with Gasteiger partial charge in [-0.05, 0) is 61.7 Å². The zero-order valence-electron chi connectivity index (χ0n) is 21.5. The number of halogens is 2. The maximum absolute atomic E-state index is 13.6. The van der Waals surface area contributed by atoms with Crippen molar-refractivity contribution in [2.45, 2.75) is 31.7 Å². The molecule has 0 saturated carbocycles. The van der Waals surface area contributed by atoms with Gasteiger partial charge in [-0.15, -0.1) is 12.4 Å². The highest BCUT2D eigenvalue weighted by Gasteiger charge is 2.30. The zero-order valence-corrected chi connectivity index (χ0v) is 22.3. The number of pyridine rings is 1. The van der Waals surface area contributed by atoms with Crippen molar-refractivity contribution in [1.82, 2.24) is 15.2 Å². The van der Waals surface area contributed by atoms with Crippen molar-refractivity contribution >= 4 is 30.0 Å². The second-order valence-electron chi connectivity index (χ2n) is 9.19. The number of nitriles is 1. The van der Waals surface area contributed by atoms with E-state index in [-0.39, 0.29) is 36.1 Å². The van der Waals surface area contributed by atoms with E-state index in [1.807, 2.05) is 18.2 Å². The molecule has 10 heteroatoms. The lowest BCUT2D eigenvalue weighted by Crippen LogP contribution is -2.42. The number of anilines is 1. The number of nitrogens with two attached hydrogens (primary N) is 1. The Bertz CT molecular complexity index is 1350. The fourth-order valence-corrected chi connectivity index (χ4v) is 4.63. The third-order valence-corrected chi connectivity index (χ3v) is 6.61. The topological polar surface area (TPSA) is 124 Å². The molecule has 4 N–H and O–H groups in total. The van der Waals surface area contributed by atoms with Crippen molar-refractivity contribution in [3.63, 3.8) is 0 Å². The number of nitrogens with zero attached hydrogens (tertiary/aromatic N) is 3. The smallest absolute Gasteiger partial charge is 0.255 e. The van der Waals surface area contributed by atoms with Crippen LogP contribution in [0.1, 0.15) is 40.7 Å². The summed E-state index contributed by atoms with van der Waals surface area (Å²) in [6, 6.07) is 19.0. The summed E-state index contributed by atoms with van der Waals surface area (Å²) in [5, 5.41) is 15.7. The van der Waals surface area contributed by atoms with E-state index >= 15 is 0 Å². The van der Waals surface area contributed by atoms with Gasteiger partial charge in [-0.1, -0.05) is 30.3 Å². The van der Waals surface area contributed by atoms with Crippen molar-refractivity contribution < 1.29 is 14.0 Å². The molecular weight excluding hydrogens is 519 g/mol. The highest BCUT2D eigenvalue weighted by atomic mass is 35.5. The van der Waals surface area contributed by atoms with E-state index in [9.17, 15) is 19.2 Å². The highest BCUT2D eigenvalue weighted by molar-refractivity contribution is 5.99. The first kappa shape index (κ1) is 29.6. The number of likely N-dealkylation sites (tertiary alicyclic amines) is 1. The Balaban J connectivity index is 0.00000420. The summed E-state index contributed by atoms with van der Waals surface area (Å²) in [4.78, 5) is 32.0. The molecule has 0 aliphatic carbocycles. The predicted molar refractivity (Wildman–Crippen MR) is 151 cm³/mol.